The lowest BCUT2D eigenvalue weighted by Gasteiger charge is -2.27. The molecule has 0 aromatic heterocycles. The van der Waals surface area contributed by atoms with Crippen LogP contribution in [0.3, 0.4) is 0 Å². The molecule has 0 amide bonds. The van der Waals surface area contributed by atoms with Crippen molar-refractivity contribution in [2.75, 3.05) is 0 Å². The Morgan fingerprint density at radius 3 is 2.25 bits per heavy atom. The Kier molecular flexibility index (Phi) is 3.69. The van der Waals surface area contributed by atoms with E-state index in [4.69, 9.17) is 9.47 Å². The molecule has 0 aliphatic carbocycles. The summed E-state index contributed by atoms with van der Waals surface area (Å²) in [7, 11) is -1.32. The summed E-state index contributed by atoms with van der Waals surface area (Å²) in [4.78, 5) is 0. The van der Waals surface area contributed by atoms with E-state index in [9.17, 15) is 0 Å². The zero-order valence-corrected chi connectivity index (χ0v) is 15.1. The minimum Gasteiger partial charge on any atom is -0.343 e. The first kappa shape index (κ1) is 15.7. The smallest absolute Gasteiger partial charge is 0.185 e. The summed E-state index contributed by atoms with van der Waals surface area (Å²) in [5, 5.41) is 1.46. The van der Waals surface area contributed by atoms with Crippen LogP contribution in [0.2, 0.25) is 19.6 Å². The van der Waals surface area contributed by atoms with Gasteiger partial charge in [0.2, 0.25) is 0 Å². The molecule has 0 saturated carbocycles. The molecule has 0 bridgehead atoms. The summed E-state index contributed by atoms with van der Waals surface area (Å²) in [5.41, 5.74) is 1.99. The molecule has 112 valence electrons. The first-order chi connectivity index (χ1) is 8.90. The van der Waals surface area contributed by atoms with E-state index in [1.165, 1.54) is 16.3 Å². The number of fused-ring (bicyclic) bond motifs is 1. The van der Waals surface area contributed by atoms with Crippen molar-refractivity contribution in [3.63, 3.8) is 0 Å². The Labute approximate surface area is 124 Å². The molecule has 1 aromatic carbocycles. The Balaban J connectivity index is 2.46. The zero-order valence-electron chi connectivity index (χ0n) is 14.1. The van der Waals surface area contributed by atoms with Gasteiger partial charge in [0.05, 0.1) is 19.3 Å². The van der Waals surface area contributed by atoms with E-state index >= 15 is 0 Å². The molecule has 20 heavy (non-hydrogen) atoms. The molecule has 0 saturated heterocycles. The molecular weight excluding hydrogens is 264 g/mol. The minimum absolute atomic E-state index is 0.211. The summed E-state index contributed by atoms with van der Waals surface area (Å²) < 4.78 is 12.3. The van der Waals surface area contributed by atoms with E-state index < -0.39 is 8.07 Å². The summed E-state index contributed by atoms with van der Waals surface area (Å²) in [5.74, 6) is 0. The van der Waals surface area contributed by atoms with Crippen LogP contribution in [0.15, 0.2) is 18.2 Å². The highest BCUT2D eigenvalue weighted by atomic mass is 28.3. The summed E-state index contributed by atoms with van der Waals surface area (Å²) in [6.45, 7) is 17.6. The second-order valence-corrected chi connectivity index (χ2v) is 13.3. The van der Waals surface area contributed by atoms with E-state index in [0.717, 1.165) is 0 Å². The van der Waals surface area contributed by atoms with Crippen LogP contribution in [-0.2, 0) is 15.1 Å². The van der Waals surface area contributed by atoms with Gasteiger partial charge < -0.3 is 9.47 Å². The van der Waals surface area contributed by atoms with E-state index in [1.54, 1.807) is 0 Å². The van der Waals surface area contributed by atoms with E-state index in [1.807, 2.05) is 0 Å². The van der Waals surface area contributed by atoms with Crippen molar-refractivity contribution in [2.24, 2.45) is 0 Å². The van der Waals surface area contributed by atoms with E-state index in [0.29, 0.717) is 0 Å². The number of rotatable bonds is 2. The zero-order chi connectivity index (χ0) is 15.3. The fourth-order valence-electron chi connectivity index (χ4n) is 2.58. The predicted molar refractivity (Wildman–Crippen MR) is 87.1 cm³/mol. The van der Waals surface area contributed by atoms with Crippen molar-refractivity contribution in [3.8, 4) is 0 Å². The fourth-order valence-corrected chi connectivity index (χ4v) is 3.75. The normalized spacial score (nSPS) is 21.9. The van der Waals surface area contributed by atoms with Crippen molar-refractivity contribution in [3.05, 3.63) is 29.3 Å². The van der Waals surface area contributed by atoms with Crippen LogP contribution in [0, 0.1) is 0 Å². The molecule has 2 rings (SSSR count). The van der Waals surface area contributed by atoms with Crippen molar-refractivity contribution in [1.82, 2.24) is 0 Å². The van der Waals surface area contributed by atoms with E-state index in [2.05, 4.69) is 72.5 Å². The maximum Gasteiger partial charge on any atom is 0.185 e. The molecule has 1 heterocycles. The van der Waals surface area contributed by atoms with E-state index in [-0.39, 0.29) is 17.5 Å². The summed E-state index contributed by atoms with van der Waals surface area (Å²) in [6, 6.07) is 6.82. The maximum atomic E-state index is 6.16. The number of ether oxygens (including phenoxy) is 2. The Bertz CT molecular complexity index is 505. The molecule has 2 nitrogen and oxygen atoms in total. The van der Waals surface area contributed by atoms with Gasteiger partial charge in [-0.15, -0.1) is 0 Å². The minimum atomic E-state index is -1.32. The first-order valence-electron chi connectivity index (χ1n) is 7.41. The van der Waals surface area contributed by atoms with Gasteiger partial charge in [-0.2, -0.15) is 0 Å². The average Bonchev–Trinajstić information content (AvgIpc) is 2.46. The second-order valence-electron chi connectivity index (χ2n) is 8.24. The molecule has 1 atom stereocenters. The van der Waals surface area contributed by atoms with Gasteiger partial charge >= 0.3 is 0 Å². The van der Waals surface area contributed by atoms with Crippen LogP contribution in [-0.4, -0.2) is 13.7 Å². The van der Waals surface area contributed by atoms with Crippen LogP contribution < -0.4 is 5.19 Å². The monoisotopic (exact) mass is 292 g/mol. The van der Waals surface area contributed by atoms with Crippen LogP contribution in [0.5, 0.6) is 0 Å². The van der Waals surface area contributed by atoms with Gasteiger partial charge in [-0.3, -0.25) is 0 Å². The lowest BCUT2D eigenvalue weighted by atomic mass is 9.96. The molecule has 0 radical (unpaired) electrons. The molecule has 1 aromatic rings. The van der Waals surface area contributed by atoms with Gasteiger partial charge in [-0.05, 0) is 40.2 Å². The standard InChI is InChI=1S/C17H28O2Si/c1-16(2,3)18-15-13-11-12(20(6,7)8)9-10-14(13)17(4,5)19-15/h9-11,15H,1-8H3. The van der Waals surface area contributed by atoms with Crippen LogP contribution >= 0.6 is 0 Å². The molecular formula is C17H28O2Si. The Morgan fingerprint density at radius 2 is 1.75 bits per heavy atom. The Morgan fingerprint density at radius 1 is 1.15 bits per heavy atom. The summed E-state index contributed by atoms with van der Waals surface area (Å²) >= 11 is 0. The highest BCUT2D eigenvalue weighted by Crippen LogP contribution is 2.44. The SMILES string of the molecule is CC(C)(C)OC1OC(C)(C)c2ccc([Si](C)(C)C)cc21. The van der Waals surface area contributed by atoms with Gasteiger partial charge in [0.1, 0.15) is 0 Å². The van der Waals surface area contributed by atoms with Crippen molar-refractivity contribution in [2.45, 2.75) is 71.8 Å². The molecule has 1 aliphatic rings. The third-order valence-corrected chi connectivity index (χ3v) is 5.73. The molecule has 0 N–H and O–H groups in total. The first-order valence-corrected chi connectivity index (χ1v) is 10.9. The van der Waals surface area contributed by atoms with Crippen molar-refractivity contribution in [1.29, 1.82) is 0 Å². The molecule has 1 aliphatic heterocycles. The predicted octanol–water partition coefficient (Wildman–Crippen LogP) is 4.31. The fraction of sp³-hybridized carbons (Fsp3) is 0.647. The molecule has 1 unspecified atom stereocenters. The van der Waals surface area contributed by atoms with Gasteiger partial charge in [-0.1, -0.05) is 43.0 Å². The third kappa shape index (κ3) is 3.16. The number of hydrogen-bond acceptors (Lipinski definition) is 2. The molecule has 0 fully saturated rings. The average molecular weight is 292 g/mol. The molecule has 3 heteroatoms. The van der Waals surface area contributed by atoms with Crippen LogP contribution in [0.1, 0.15) is 52.0 Å². The van der Waals surface area contributed by atoms with Gasteiger partial charge in [0.15, 0.2) is 6.29 Å². The lowest BCUT2D eigenvalue weighted by molar-refractivity contribution is -0.229. The van der Waals surface area contributed by atoms with Crippen LogP contribution in [0.25, 0.3) is 0 Å². The largest absolute Gasteiger partial charge is 0.343 e. The quantitative estimate of drug-likeness (QED) is 0.756. The van der Waals surface area contributed by atoms with Crippen molar-refractivity contribution >= 4 is 13.3 Å². The summed E-state index contributed by atoms with van der Waals surface area (Å²) in [6.07, 6.45) is -0.253. The highest BCUT2D eigenvalue weighted by molar-refractivity contribution is 6.88. The molecule has 0 spiro atoms. The van der Waals surface area contributed by atoms with Crippen molar-refractivity contribution < 1.29 is 9.47 Å². The Hall–Kier alpha value is -0.643. The number of benzene rings is 1. The lowest BCUT2D eigenvalue weighted by Crippen LogP contribution is -2.38. The maximum absolute atomic E-state index is 6.16. The number of hydrogen-bond donors (Lipinski definition) is 0. The van der Waals surface area contributed by atoms with Crippen LogP contribution in [0.4, 0.5) is 0 Å². The second kappa shape index (κ2) is 4.69. The highest BCUT2D eigenvalue weighted by Gasteiger charge is 2.40. The van der Waals surface area contributed by atoms with Gasteiger partial charge in [0, 0.05) is 5.56 Å². The van der Waals surface area contributed by atoms with Gasteiger partial charge in [-0.25, -0.2) is 0 Å². The third-order valence-electron chi connectivity index (χ3n) is 3.68. The topological polar surface area (TPSA) is 18.5 Å². The van der Waals surface area contributed by atoms with Gasteiger partial charge in [0.25, 0.3) is 0 Å².